The Bertz CT molecular complexity index is 313. The maximum absolute atomic E-state index is 6.45. The van der Waals surface area contributed by atoms with Crippen LogP contribution in [0.2, 0.25) is 0 Å². The van der Waals surface area contributed by atoms with E-state index in [1.807, 2.05) is 6.07 Å². The highest BCUT2D eigenvalue weighted by Crippen LogP contribution is 2.40. The second-order valence-corrected chi connectivity index (χ2v) is 5.09. The second-order valence-electron chi connectivity index (χ2n) is 5.09. The zero-order chi connectivity index (χ0) is 11.6. The molecule has 0 bridgehead atoms. The van der Waals surface area contributed by atoms with Crippen LogP contribution in [0.5, 0.6) is 0 Å². The van der Waals surface area contributed by atoms with Crippen molar-refractivity contribution in [2.24, 2.45) is 5.73 Å². The Labute approximate surface area is 97.6 Å². The van der Waals surface area contributed by atoms with Crippen LogP contribution in [0.1, 0.15) is 43.7 Å². The highest BCUT2D eigenvalue weighted by Gasteiger charge is 2.40. The van der Waals surface area contributed by atoms with Crippen LogP contribution in [-0.4, -0.2) is 24.5 Å². The molecule has 1 unspecified atom stereocenters. The van der Waals surface area contributed by atoms with E-state index in [-0.39, 0.29) is 11.6 Å². The lowest BCUT2D eigenvalue weighted by molar-refractivity contribution is 0.0711. The van der Waals surface area contributed by atoms with Crippen molar-refractivity contribution >= 4 is 0 Å². The van der Waals surface area contributed by atoms with E-state index in [4.69, 9.17) is 10.2 Å². The van der Waals surface area contributed by atoms with E-state index >= 15 is 0 Å². The lowest BCUT2D eigenvalue weighted by atomic mass is 9.74. The van der Waals surface area contributed by atoms with Gasteiger partial charge < -0.3 is 15.1 Å². The number of nitrogens with two attached hydrogens (primary N) is 1. The minimum absolute atomic E-state index is 0.0570. The van der Waals surface area contributed by atoms with Crippen molar-refractivity contribution in [3.8, 4) is 0 Å². The summed E-state index contributed by atoms with van der Waals surface area (Å²) >= 11 is 0. The van der Waals surface area contributed by atoms with Gasteiger partial charge in [-0.05, 0) is 33.0 Å². The summed E-state index contributed by atoms with van der Waals surface area (Å²) in [6.07, 6.45) is 9.77. The first-order valence-electron chi connectivity index (χ1n) is 6.12. The van der Waals surface area contributed by atoms with Crippen LogP contribution in [0.25, 0.3) is 0 Å². The van der Waals surface area contributed by atoms with Crippen molar-refractivity contribution in [2.45, 2.75) is 43.7 Å². The number of likely N-dealkylation sites (N-methyl/N-ethyl adjacent to an activating group) is 1. The van der Waals surface area contributed by atoms with Crippen molar-refractivity contribution in [3.63, 3.8) is 0 Å². The van der Waals surface area contributed by atoms with Crippen LogP contribution < -0.4 is 5.73 Å². The predicted molar refractivity (Wildman–Crippen MR) is 65.1 cm³/mol. The Kier molecular flexibility index (Phi) is 3.36. The number of hydrogen-bond acceptors (Lipinski definition) is 3. The molecule has 2 N–H and O–H groups in total. The van der Waals surface area contributed by atoms with E-state index in [0.717, 1.165) is 5.56 Å². The van der Waals surface area contributed by atoms with Gasteiger partial charge in [-0.1, -0.05) is 19.3 Å². The van der Waals surface area contributed by atoms with Gasteiger partial charge in [-0.2, -0.15) is 0 Å². The van der Waals surface area contributed by atoms with Crippen molar-refractivity contribution in [2.75, 3.05) is 14.1 Å². The summed E-state index contributed by atoms with van der Waals surface area (Å²) in [5, 5.41) is 0. The molecule has 3 heteroatoms. The van der Waals surface area contributed by atoms with Crippen LogP contribution >= 0.6 is 0 Å². The monoisotopic (exact) mass is 222 g/mol. The molecule has 3 nitrogen and oxygen atoms in total. The minimum Gasteiger partial charge on any atom is -0.472 e. The average molecular weight is 222 g/mol. The quantitative estimate of drug-likeness (QED) is 0.854. The molecule has 1 heterocycles. The molecule has 0 radical (unpaired) electrons. The highest BCUT2D eigenvalue weighted by molar-refractivity contribution is 5.18. The Balaban J connectivity index is 2.25. The molecule has 1 aliphatic carbocycles. The fourth-order valence-corrected chi connectivity index (χ4v) is 2.96. The highest BCUT2D eigenvalue weighted by atomic mass is 16.3. The summed E-state index contributed by atoms with van der Waals surface area (Å²) in [4.78, 5) is 2.31. The average Bonchev–Trinajstić information content (AvgIpc) is 2.82. The molecule has 1 aromatic heterocycles. The Hall–Kier alpha value is -0.800. The Morgan fingerprint density at radius 3 is 2.50 bits per heavy atom. The van der Waals surface area contributed by atoms with E-state index < -0.39 is 0 Å². The molecule has 0 saturated heterocycles. The van der Waals surface area contributed by atoms with Crippen molar-refractivity contribution < 1.29 is 4.42 Å². The van der Waals surface area contributed by atoms with Gasteiger partial charge in [0.2, 0.25) is 0 Å². The van der Waals surface area contributed by atoms with E-state index in [1.165, 1.54) is 32.1 Å². The van der Waals surface area contributed by atoms with Crippen molar-refractivity contribution in [3.05, 3.63) is 24.2 Å². The van der Waals surface area contributed by atoms with Crippen LogP contribution in [0.4, 0.5) is 0 Å². The van der Waals surface area contributed by atoms with Gasteiger partial charge >= 0.3 is 0 Å². The predicted octanol–water partition coefficient (Wildman–Crippen LogP) is 2.54. The third kappa shape index (κ3) is 1.89. The largest absolute Gasteiger partial charge is 0.472 e. The molecule has 1 aromatic rings. The first-order chi connectivity index (χ1) is 7.67. The summed E-state index contributed by atoms with van der Waals surface area (Å²) in [5.41, 5.74) is 7.68. The molecule has 16 heavy (non-hydrogen) atoms. The van der Waals surface area contributed by atoms with Crippen molar-refractivity contribution in [1.29, 1.82) is 0 Å². The maximum atomic E-state index is 6.45. The molecule has 0 aromatic carbocycles. The van der Waals surface area contributed by atoms with E-state index in [9.17, 15) is 0 Å². The molecule has 0 aliphatic heterocycles. The lowest BCUT2D eigenvalue weighted by Crippen LogP contribution is -2.53. The summed E-state index contributed by atoms with van der Waals surface area (Å²) < 4.78 is 5.15. The molecular weight excluding hydrogens is 200 g/mol. The summed E-state index contributed by atoms with van der Waals surface area (Å²) in [7, 11) is 4.29. The first-order valence-corrected chi connectivity index (χ1v) is 6.12. The van der Waals surface area contributed by atoms with E-state index in [1.54, 1.807) is 12.5 Å². The Morgan fingerprint density at radius 1 is 1.31 bits per heavy atom. The normalized spacial score (nSPS) is 22.2. The van der Waals surface area contributed by atoms with Crippen LogP contribution in [-0.2, 0) is 0 Å². The molecular formula is C13H22N2O. The lowest BCUT2D eigenvalue weighted by Gasteiger charge is -2.47. The smallest absolute Gasteiger partial charge is 0.0951 e. The summed E-state index contributed by atoms with van der Waals surface area (Å²) in [5.74, 6) is 0. The zero-order valence-corrected chi connectivity index (χ0v) is 10.3. The van der Waals surface area contributed by atoms with Crippen LogP contribution in [0.3, 0.4) is 0 Å². The fraction of sp³-hybridized carbons (Fsp3) is 0.692. The molecule has 1 aliphatic rings. The van der Waals surface area contributed by atoms with E-state index in [2.05, 4.69) is 19.0 Å². The van der Waals surface area contributed by atoms with Gasteiger partial charge in [0, 0.05) is 11.1 Å². The van der Waals surface area contributed by atoms with Crippen LogP contribution in [0, 0.1) is 0 Å². The van der Waals surface area contributed by atoms with Gasteiger partial charge in [0.25, 0.3) is 0 Å². The Morgan fingerprint density at radius 2 is 2.00 bits per heavy atom. The molecule has 1 fully saturated rings. The number of hydrogen-bond donors (Lipinski definition) is 1. The number of furan rings is 1. The van der Waals surface area contributed by atoms with Crippen LogP contribution in [0.15, 0.2) is 23.0 Å². The fourth-order valence-electron chi connectivity index (χ4n) is 2.96. The molecule has 0 amide bonds. The summed E-state index contributed by atoms with van der Waals surface area (Å²) in [6, 6.07) is 2.05. The van der Waals surface area contributed by atoms with Crippen molar-refractivity contribution in [1.82, 2.24) is 4.90 Å². The maximum Gasteiger partial charge on any atom is 0.0951 e. The third-order valence-electron chi connectivity index (χ3n) is 4.09. The summed E-state index contributed by atoms with van der Waals surface area (Å²) in [6.45, 7) is 0. The van der Waals surface area contributed by atoms with Gasteiger partial charge in [-0.15, -0.1) is 0 Å². The van der Waals surface area contributed by atoms with E-state index in [0.29, 0.717) is 0 Å². The number of nitrogens with zero attached hydrogens (tertiary/aromatic N) is 1. The second kappa shape index (κ2) is 4.60. The first kappa shape index (κ1) is 11.7. The van der Waals surface area contributed by atoms with Gasteiger partial charge in [0.15, 0.2) is 0 Å². The molecule has 2 rings (SSSR count). The molecule has 1 saturated carbocycles. The standard InChI is InChI=1S/C13H22N2O/c1-15(2)13(7-4-3-5-8-13)12(14)11-6-9-16-10-11/h6,9-10,12H,3-5,7-8,14H2,1-2H3. The third-order valence-corrected chi connectivity index (χ3v) is 4.09. The minimum atomic E-state index is 0.0570. The SMILES string of the molecule is CN(C)C1(C(N)c2ccoc2)CCCCC1. The van der Waals surface area contributed by atoms with Gasteiger partial charge in [0.1, 0.15) is 0 Å². The number of rotatable bonds is 3. The molecule has 1 atom stereocenters. The zero-order valence-electron chi connectivity index (χ0n) is 10.3. The topological polar surface area (TPSA) is 42.4 Å². The van der Waals surface area contributed by atoms with Gasteiger partial charge in [-0.25, -0.2) is 0 Å². The molecule has 0 spiro atoms. The molecule has 90 valence electrons. The van der Waals surface area contributed by atoms with Gasteiger partial charge in [0.05, 0.1) is 18.6 Å². The van der Waals surface area contributed by atoms with Gasteiger partial charge in [-0.3, -0.25) is 0 Å².